The van der Waals surface area contributed by atoms with Crippen molar-refractivity contribution >= 4 is 49.6 Å². The van der Waals surface area contributed by atoms with Gasteiger partial charge in [-0.05, 0) is 25.0 Å². The summed E-state index contributed by atoms with van der Waals surface area (Å²) >= 11 is 0. The van der Waals surface area contributed by atoms with Crippen LogP contribution in [0.3, 0.4) is 0 Å². The number of H-pyrrole nitrogens is 1. The minimum atomic E-state index is -3.70. The van der Waals surface area contributed by atoms with Crippen molar-refractivity contribution < 1.29 is 36.3 Å². The zero-order valence-corrected chi connectivity index (χ0v) is 30.7. The monoisotopic (exact) mass is 764 g/mol. The summed E-state index contributed by atoms with van der Waals surface area (Å²) < 4.78 is 60.2. The highest BCUT2D eigenvalue weighted by molar-refractivity contribution is 7.48. The molecular formula is C33H38N10O8P2. The van der Waals surface area contributed by atoms with E-state index < -0.39 is 15.6 Å². The van der Waals surface area contributed by atoms with Gasteiger partial charge in [-0.15, -0.1) is 0 Å². The summed E-state index contributed by atoms with van der Waals surface area (Å²) in [6, 6.07) is 15.8. The Morgan fingerprint density at radius 3 is 2.09 bits per heavy atom. The van der Waals surface area contributed by atoms with E-state index in [1.807, 2.05) is 62.4 Å². The van der Waals surface area contributed by atoms with Crippen LogP contribution in [0, 0.1) is 13.8 Å². The average Bonchev–Trinajstić information content (AvgIpc) is 3.77. The molecule has 0 bridgehead atoms. The predicted octanol–water partition coefficient (Wildman–Crippen LogP) is 6.07. The minimum absolute atomic E-state index is 0.0897. The van der Waals surface area contributed by atoms with Crippen molar-refractivity contribution in [2.24, 2.45) is 0 Å². The largest absolute Gasteiger partial charge is 0.475 e. The smallest absolute Gasteiger partial charge is 0.382 e. The maximum absolute atomic E-state index is 12.8. The quantitative estimate of drug-likeness (QED) is 0.142. The molecule has 8 rings (SSSR count). The molecule has 0 spiro atoms. The van der Waals surface area contributed by atoms with Crippen molar-refractivity contribution in [3.63, 3.8) is 0 Å². The van der Waals surface area contributed by atoms with Gasteiger partial charge in [-0.1, -0.05) is 59.7 Å². The van der Waals surface area contributed by atoms with Gasteiger partial charge < -0.3 is 21.0 Å². The van der Waals surface area contributed by atoms with Crippen molar-refractivity contribution in [2.75, 3.05) is 31.3 Å². The SMILES string of the molecule is Cc1cccc(C2CCOP(=O)(OCCn3cnc4c(N)ncnc43)O2)c1.Cc1cccc(C2CCOP(=O)(OCc3nc4ncnc(N)c4[nH]3)O2)c1. The third-order valence-electron chi connectivity index (χ3n) is 8.34. The number of nitrogens with zero attached hydrogens (tertiary/aromatic N) is 7. The summed E-state index contributed by atoms with van der Waals surface area (Å²) in [5, 5.41) is 0. The molecule has 0 amide bonds. The lowest BCUT2D eigenvalue weighted by atomic mass is 10.0. The number of aromatic amines is 1. The first-order chi connectivity index (χ1) is 25.6. The van der Waals surface area contributed by atoms with E-state index >= 15 is 0 Å². The molecule has 0 saturated carbocycles. The molecule has 0 aliphatic carbocycles. The number of hydrogen-bond acceptors (Lipinski definition) is 16. The van der Waals surface area contributed by atoms with Gasteiger partial charge in [0.25, 0.3) is 0 Å². The van der Waals surface area contributed by atoms with E-state index in [1.165, 1.54) is 12.7 Å². The molecule has 278 valence electrons. The van der Waals surface area contributed by atoms with E-state index in [-0.39, 0.29) is 37.8 Å². The first-order valence-corrected chi connectivity index (χ1v) is 19.6. The Labute approximate surface area is 303 Å². The van der Waals surface area contributed by atoms with Crippen LogP contribution in [0.5, 0.6) is 0 Å². The topological polar surface area (TPSA) is 240 Å². The summed E-state index contributed by atoms with van der Waals surface area (Å²) in [5.41, 5.74) is 17.7. The Hall–Kier alpha value is -4.64. The number of rotatable bonds is 9. The van der Waals surface area contributed by atoms with Crippen LogP contribution < -0.4 is 11.5 Å². The van der Waals surface area contributed by atoms with Crippen molar-refractivity contribution in [3.8, 4) is 0 Å². The third kappa shape index (κ3) is 8.78. The normalized spacial score (nSPS) is 23.1. The molecule has 6 aromatic rings. The summed E-state index contributed by atoms with van der Waals surface area (Å²) in [6.45, 7) is 5.00. The fourth-order valence-electron chi connectivity index (χ4n) is 5.77. The number of phosphoric ester groups is 2. The Balaban J connectivity index is 0.000000164. The summed E-state index contributed by atoms with van der Waals surface area (Å²) in [4.78, 5) is 27.3. The predicted molar refractivity (Wildman–Crippen MR) is 193 cm³/mol. The van der Waals surface area contributed by atoms with Gasteiger partial charge in [-0.3, -0.25) is 27.1 Å². The number of nitrogens with one attached hydrogen (secondary N) is 1. The van der Waals surface area contributed by atoms with Crippen molar-refractivity contribution in [1.29, 1.82) is 0 Å². The Morgan fingerprint density at radius 1 is 0.830 bits per heavy atom. The van der Waals surface area contributed by atoms with E-state index in [1.54, 1.807) is 10.9 Å². The van der Waals surface area contributed by atoms with Crippen molar-refractivity contribution in [3.05, 3.63) is 95.6 Å². The second kappa shape index (κ2) is 15.8. The van der Waals surface area contributed by atoms with Gasteiger partial charge in [0.1, 0.15) is 36.1 Å². The number of aryl methyl sites for hydroxylation is 2. The highest BCUT2D eigenvalue weighted by atomic mass is 31.2. The molecule has 2 saturated heterocycles. The summed E-state index contributed by atoms with van der Waals surface area (Å²) in [5.74, 6) is 1.00. The lowest BCUT2D eigenvalue weighted by molar-refractivity contribution is 0.0244. The van der Waals surface area contributed by atoms with Gasteiger partial charge in [-0.25, -0.2) is 39.0 Å². The van der Waals surface area contributed by atoms with Crippen LogP contribution >= 0.6 is 15.6 Å². The molecule has 4 atom stereocenters. The lowest BCUT2D eigenvalue weighted by Gasteiger charge is -2.29. The summed E-state index contributed by atoms with van der Waals surface area (Å²) in [6.07, 6.45) is 4.86. The maximum Gasteiger partial charge on any atom is 0.475 e. The molecule has 18 nitrogen and oxygen atoms in total. The minimum Gasteiger partial charge on any atom is -0.382 e. The van der Waals surface area contributed by atoms with Crippen molar-refractivity contribution in [1.82, 2.24) is 39.5 Å². The van der Waals surface area contributed by atoms with E-state index in [4.69, 9.17) is 38.6 Å². The number of hydrogen-bond donors (Lipinski definition) is 3. The Morgan fingerprint density at radius 2 is 1.45 bits per heavy atom. The highest BCUT2D eigenvalue weighted by Gasteiger charge is 2.37. The summed E-state index contributed by atoms with van der Waals surface area (Å²) in [7, 11) is -7.33. The van der Waals surface area contributed by atoms with Gasteiger partial charge in [0.05, 0.1) is 38.4 Å². The van der Waals surface area contributed by atoms with Crippen LogP contribution in [-0.4, -0.2) is 59.3 Å². The Kier molecular flexibility index (Phi) is 10.9. The first-order valence-electron chi connectivity index (χ1n) is 16.7. The molecule has 2 aliphatic heterocycles. The molecule has 5 N–H and O–H groups in total. The zero-order chi connectivity index (χ0) is 37.0. The Bertz CT molecular complexity index is 2320. The van der Waals surface area contributed by atoms with Gasteiger partial charge in [0.15, 0.2) is 22.9 Å². The molecule has 0 radical (unpaired) electrons. The van der Waals surface area contributed by atoms with Gasteiger partial charge in [0.2, 0.25) is 0 Å². The average molecular weight is 765 g/mol. The second-order valence-electron chi connectivity index (χ2n) is 12.3. The molecule has 53 heavy (non-hydrogen) atoms. The highest BCUT2D eigenvalue weighted by Crippen LogP contribution is 2.58. The lowest BCUT2D eigenvalue weighted by Crippen LogP contribution is -2.16. The van der Waals surface area contributed by atoms with E-state index in [0.717, 1.165) is 22.3 Å². The van der Waals surface area contributed by atoms with Crippen LogP contribution in [0.15, 0.2) is 67.5 Å². The first kappa shape index (κ1) is 36.7. The van der Waals surface area contributed by atoms with Crippen LogP contribution in [0.1, 0.15) is 53.1 Å². The van der Waals surface area contributed by atoms with Gasteiger partial charge >= 0.3 is 15.6 Å². The van der Waals surface area contributed by atoms with Crippen LogP contribution in [-0.2, 0) is 49.4 Å². The van der Waals surface area contributed by atoms with E-state index in [0.29, 0.717) is 60.0 Å². The molecule has 6 heterocycles. The number of imidazole rings is 2. The van der Waals surface area contributed by atoms with Crippen LogP contribution in [0.4, 0.5) is 11.6 Å². The van der Waals surface area contributed by atoms with Crippen molar-refractivity contribution in [2.45, 2.75) is 52.0 Å². The zero-order valence-electron chi connectivity index (χ0n) is 28.9. The molecular weight excluding hydrogens is 726 g/mol. The van der Waals surface area contributed by atoms with Gasteiger partial charge in [0, 0.05) is 19.4 Å². The number of nitrogens with two attached hydrogens (primary N) is 2. The van der Waals surface area contributed by atoms with E-state index in [9.17, 15) is 9.13 Å². The molecule has 2 aromatic carbocycles. The number of anilines is 2. The van der Waals surface area contributed by atoms with Crippen LogP contribution in [0.25, 0.3) is 22.3 Å². The number of fused-ring (bicyclic) bond motifs is 2. The molecule has 4 unspecified atom stereocenters. The maximum atomic E-state index is 12.8. The number of nitrogen functional groups attached to an aromatic ring is 2. The standard InChI is InChI=1S/C17H20N5O4P.C16H18N5O4P/c1-12-3-2-4-13(9-12)14-5-7-24-27(23,26-14)25-8-6-22-11-21-15-16(18)19-10-20-17(15)22;1-10-3-2-4-11(7-10)12-5-6-23-26(22,25-12)24-8-13-20-14-15(17)18-9-19-16(14)21-13/h2-4,9-11,14H,5-8H2,1H3,(H2,18,19,20);2-4,7,9,12H,5-6,8H2,1H3,(H3,17,18,19,20,21). The number of aromatic nitrogens is 8. The molecule has 20 heteroatoms. The van der Waals surface area contributed by atoms with Gasteiger partial charge in [-0.2, -0.15) is 0 Å². The molecule has 2 fully saturated rings. The molecule has 4 aromatic heterocycles. The second-order valence-corrected chi connectivity index (χ2v) is 15.5. The van der Waals surface area contributed by atoms with Crippen LogP contribution in [0.2, 0.25) is 0 Å². The third-order valence-corrected chi connectivity index (χ3v) is 11.3. The fourth-order valence-corrected chi connectivity index (χ4v) is 8.48. The molecule has 2 aliphatic rings. The fraction of sp³-hybridized carbons (Fsp3) is 0.333. The number of phosphoric acid groups is 2. The number of benzene rings is 2. The van der Waals surface area contributed by atoms with E-state index in [2.05, 4.69) is 34.9 Å².